The van der Waals surface area contributed by atoms with Crippen molar-refractivity contribution in [2.75, 3.05) is 6.61 Å². The molecule has 1 aromatic heterocycles. The van der Waals surface area contributed by atoms with E-state index in [1.807, 2.05) is 0 Å². The molecule has 1 aromatic rings. The van der Waals surface area contributed by atoms with Crippen molar-refractivity contribution in [1.29, 1.82) is 0 Å². The molecule has 1 aliphatic rings. The maximum absolute atomic E-state index is 12.0. The SMILES string of the molecule is CCOC(=O)C(NC(=O)c1cc(Cl)c(Cl)s1)C1CC1. The molecule has 1 fully saturated rings. The van der Waals surface area contributed by atoms with E-state index in [1.165, 1.54) is 6.07 Å². The van der Waals surface area contributed by atoms with E-state index in [1.54, 1.807) is 6.92 Å². The smallest absolute Gasteiger partial charge is 0.328 e. The van der Waals surface area contributed by atoms with E-state index in [0.717, 1.165) is 24.2 Å². The second kappa shape index (κ2) is 6.11. The average Bonchev–Trinajstić information content (AvgIpc) is 3.13. The van der Waals surface area contributed by atoms with Gasteiger partial charge in [-0.1, -0.05) is 23.2 Å². The van der Waals surface area contributed by atoms with E-state index < -0.39 is 6.04 Å². The number of carbonyl (C=O) groups excluding carboxylic acids is 2. The number of hydrogen-bond donors (Lipinski definition) is 1. The largest absolute Gasteiger partial charge is 0.464 e. The molecule has 0 saturated heterocycles. The third-order valence-corrected chi connectivity index (χ3v) is 4.65. The normalized spacial score (nSPS) is 15.9. The fourth-order valence-electron chi connectivity index (χ4n) is 1.70. The first-order valence-electron chi connectivity index (χ1n) is 5.95. The predicted octanol–water partition coefficient (Wildman–Crippen LogP) is 3.13. The van der Waals surface area contributed by atoms with Crippen molar-refractivity contribution in [3.8, 4) is 0 Å². The monoisotopic (exact) mass is 321 g/mol. The number of rotatable bonds is 5. The van der Waals surface area contributed by atoms with Gasteiger partial charge in [-0.2, -0.15) is 0 Å². The van der Waals surface area contributed by atoms with Crippen molar-refractivity contribution < 1.29 is 14.3 Å². The molecular weight excluding hydrogens is 309 g/mol. The second-order valence-corrected chi connectivity index (χ2v) is 6.33. The fraction of sp³-hybridized carbons (Fsp3) is 0.500. The Bertz CT molecular complexity index is 480. The summed E-state index contributed by atoms with van der Waals surface area (Å²) in [5, 5.41) is 3.04. The van der Waals surface area contributed by atoms with Crippen LogP contribution in [0.25, 0.3) is 0 Å². The lowest BCUT2D eigenvalue weighted by atomic mass is 10.2. The molecule has 1 heterocycles. The number of carbonyl (C=O) groups is 2. The maximum Gasteiger partial charge on any atom is 0.328 e. The molecule has 0 aliphatic heterocycles. The summed E-state index contributed by atoms with van der Waals surface area (Å²) >= 11 is 12.7. The molecule has 2 rings (SSSR count). The zero-order valence-corrected chi connectivity index (χ0v) is 12.6. The van der Waals surface area contributed by atoms with Crippen LogP contribution in [0.5, 0.6) is 0 Å². The summed E-state index contributed by atoms with van der Waals surface area (Å²) in [7, 11) is 0. The molecule has 0 aromatic carbocycles. The van der Waals surface area contributed by atoms with Crippen LogP contribution in [0.1, 0.15) is 29.4 Å². The molecule has 1 unspecified atom stereocenters. The molecule has 1 N–H and O–H groups in total. The van der Waals surface area contributed by atoms with Gasteiger partial charge in [-0.05, 0) is 31.7 Å². The standard InChI is InChI=1S/C12H13Cl2NO3S/c1-2-18-12(17)9(6-3-4-6)15-11(16)8-5-7(13)10(14)19-8/h5-6,9H,2-4H2,1H3,(H,15,16). The van der Waals surface area contributed by atoms with E-state index in [2.05, 4.69) is 5.32 Å². The Balaban J connectivity index is 2.04. The minimum absolute atomic E-state index is 0.175. The number of ether oxygens (including phenoxy) is 1. The number of hydrogen-bond acceptors (Lipinski definition) is 4. The zero-order chi connectivity index (χ0) is 14.0. The lowest BCUT2D eigenvalue weighted by Gasteiger charge is -2.15. The first kappa shape index (κ1) is 14.6. The van der Waals surface area contributed by atoms with Crippen molar-refractivity contribution in [3.63, 3.8) is 0 Å². The van der Waals surface area contributed by atoms with Gasteiger partial charge in [0.15, 0.2) is 0 Å². The number of halogens is 2. The number of nitrogens with one attached hydrogen (secondary N) is 1. The van der Waals surface area contributed by atoms with Gasteiger partial charge < -0.3 is 10.1 Å². The summed E-state index contributed by atoms with van der Waals surface area (Å²) in [5.74, 6) is -0.551. The third-order valence-electron chi connectivity index (χ3n) is 2.79. The lowest BCUT2D eigenvalue weighted by molar-refractivity contribution is -0.146. The topological polar surface area (TPSA) is 55.4 Å². The van der Waals surface area contributed by atoms with Crippen LogP contribution in [0, 0.1) is 5.92 Å². The highest BCUT2D eigenvalue weighted by Gasteiger charge is 2.38. The van der Waals surface area contributed by atoms with Crippen molar-refractivity contribution in [3.05, 3.63) is 20.3 Å². The van der Waals surface area contributed by atoms with Gasteiger partial charge in [0, 0.05) is 0 Å². The van der Waals surface area contributed by atoms with E-state index >= 15 is 0 Å². The number of thiophene rings is 1. The first-order valence-corrected chi connectivity index (χ1v) is 7.52. The Labute approximate surface area is 125 Å². The maximum atomic E-state index is 12.0. The predicted molar refractivity (Wildman–Crippen MR) is 75.0 cm³/mol. The van der Waals surface area contributed by atoms with Gasteiger partial charge in [-0.3, -0.25) is 4.79 Å². The third kappa shape index (κ3) is 3.61. The van der Waals surface area contributed by atoms with Gasteiger partial charge in [0.25, 0.3) is 5.91 Å². The van der Waals surface area contributed by atoms with Gasteiger partial charge >= 0.3 is 5.97 Å². The molecule has 1 aliphatic carbocycles. The van der Waals surface area contributed by atoms with E-state index in [0.29, 0.717) is 20.8 Å². The Kier molecular flexibility index (Phi) is 4.71. The Morgan fingerprint density at radius 1 is 1.53 bits per heavy atom. The van der Waals surface area contributed by atoms with Gasteiger partial charge in [0.2, 0.25) is 0 Å². The van der Waals surface area contributed by atoms with Gasteiger partial charge in [0.1, 0.15) is 10.4 Å². The zero-order valence-electron chi connectivity index (χ0n) is 10.2. The average molecular weight is 322 g/mol. The van der Waals surface area contributed by atoms with E-state index in [9.17, 15) is 9.59 Å². The highest BCUT2D eigenvalue weighted by atomic mass is 35.5. The van der Waals surface area contributed by atoms with Crippen LogP contribution in [0.2, 0.25) is 9.36 Å². The summed E-state index contributed by atoms with van der Waals surface area (Å²) in [4.78, 5) is 24.2. The summed E-state index contributed by atoms with van der Waals surface area (Å²) in [6.45, 7) is 2.04. The first-order chi connectivity index (χ1) is 9.02. The summed E-state index contributed by atoms with van der Waals surface area (Å²) < 4.78 is 5.34. The fourth-order valence-corrected chi connectivity index (χ4v) is 2.97. The summed E-state index contributed by atoms with van der Waals surface area (Å²) in [5.41, 5.74) is 0. The molecule has 1 amide bonds. The molecule has 19 heavy (non-hydrogen) atoms. The Morgan fingerprint density at radius 2 is 2.21 bits per heavy atom. The molecular formula is C12H13Cl2NO3S. The van der Waals surface area contributed by atoms with Gasteiger partial charge in [0.05, 0.1) is 16.5 Å². The van der Waals surface area contributed by atoms with Crippen molar-refractivity contribution in [2.24, 2.45) is 5.92 Å². The lowest BCUT2D eigenvalue weighted by Crippen LogP contribution is -2.43. The Morgan fingerprint density at radius 3 is 2.68 bits per heavy atom. The molecule has 104 valence electrons. The van der Waals surface area contributed by atoms with E-state index in [4.69, 9.17) is 27.9 Å². The van der Waals surface area contributed by atoms with Crippen LogP contribution in [-0.4, -0.2) is 24.5 Å². The molecule has 0 radical (unpaired) electrons. The Hall–Kier alpha value is -0.780. The molecule has 7 heteroatoms. The molecule has 1 saturated carbocycles. The van der Waals surface area contributed by atoms with Crippen molar-refractivity contribution in [1.82, 2.24) is 5.32 Å². The molecule has 0 bridgehead atoms. The van der Waals surface area contributed by atoms with Crippen LogP contribution in [0.3, 0.4) is 0 Å². The molecule has 1 atom stereocenters. The van der Waals surface area contributed by atoms with Crippen LogP contribution in [0.15, 0.2) is 6.07 Å². The second-order valence-electron chi connectivity index (χ2n) is 4.27. The molecule has 0 spiro atoms. The van der Waals surface area contributed by atoms with Gasteiger partial charge in [-0.25, -0.2) is 4.79 Å². The van der Waals surface area contributed by atoms with Crippen molar-refractivity contribution >= 4 is 46.4 Å². The van der Waals surface area contributed by atoms with Crippen LogP contribution >= 0.6 is 34.5 Å². The summed E-state index contributed by atoms with van der Waals surface area (Å²) in [6, 6.07) is 0.922. The number of amides is 1. The van der Waals surface area contributed by atoms with Crippen LogP contribution in [0.4, 0.5) is 0 Å². The minimum Gasteiger partial charge on any atom is -0.464 e. The van der Waals surface area contributed by atoms with Gasteiger partial charge in [-0.15, -0.1) is 11.3 Å². The van der Waals surface area contributed by atoms with Crippen molar-refractivity contribution in [2.45, 2.75) is 25.8 Å². The summed E-state index contributed by atoms with van der Waals surface area (Å²) in [6.07, 6.45) is 1.85. The highest BCUT2D eigenvalue weighted by Crippen LogP contribution is 2.34. The minimum atomic E-state index is -0.577. The molecule has 4 nitrogen and oxygen atoms in total. The van der Waals surface area contributed by atoms with Crippen LogP contribution in [-0.2, 0) is 9.53 Å². The quantitative estimate of drug-likeness (QED) is 0.848. The highest BCUT2D eigenvalue weighted by molar-refractivity contribution is 7.18. The van der Waals surface area contributed by atoms with Crippen LogP contribution < -0.4 is 5.32 Å². The van der Waals surface area contributed by atoms with E-state index in [-0.39, 0.29) is 17.8 Å². The number of esters is 1.